The van der Waals surface area contributed by atoms with E-state index in [1.807, 2.05) is 6.08 Å². The average molecular weight is 148 g/mol. The third-order valence-electron chi connectivity index (χ3n) is 2.11. The monoisotopic (exact) mass is 148 g/mol. The lowest BCUT2D eigenvalue weighted by Crippen LogP contribution is -2.26. The molecule has 0 unspecified atom stereocenters. The first-order chi connectivity index (χ1) is 5.42. The maximum absolute atomic E-state index is 3.28. The van der Waals surface area contributed by atoms with E-state index in [-0.39, 0.29) is 0 Å². The van der Waals surface area contributed by atoms with Crippen LogP contribution in [-0.4, -0.2) is 11.6 Å². The summed E-state index contributed by atoms with van der Waals surface area (Å²) in [5.74, 6) is 0. The van der Waals surface area contributed by atoms with Gasteiger partial charge >= 0.3 is 0 Å². The van der Waals surface area contributed by atoms with E-state index in [0.29, 0.717) is 0 Å². The predicted octanol–water partition coefficient (Wildman–Crippen LogP) is 1.55. The van der Waals surface area contributed by atoms with E-state index in [0.717, 1.165) is 13.0 Å². The van der Waals surface area contributed by atoms with Crippen LogP contribution in [0.3, 0.4) is 0 Å². The third-order valence-corrected chi connectivity index (χ3v) is 2.11. The van der Waals surface area contributed by atoms with Gasteiger partial charge in [-0.25, -0.2) is 5.43 Å². The van der Waals surface area contributed by atoms with Crippen LogP contribution >= 0.6 is 0 Å². The Morgan fingerprint density at radius 2 is 2.45 bits per heavy atom. The maximum atomic E-state index is 3.28. The van der Waals surface area contributed by atoms with E-state index in [1.165, 1.54) is 11.3 Å². The number of hydrazine groups is 1. The zero-order valence-corrected chi connectivity index (χ0v) is 6.67. The zero-order valence-electron chi connectivity index (χ0n) is 6.67. The fraction of sp³-hybridized carbons (Fsp3) is 0.333. The number of allylic oxidation sites excluding steroid dienone is 3. The molecule has 0 aromatic rings. The smallest absolute Gasteiger partial charge is 0.0576 e. The van der Waals surface area contributed by atoms with Crippen molar-refractivity contribution in [3.8, 4) is 0 Å². The first kappa shape index (κ1) is 6.68. The van der Waals surface area contributed by atoms with Gasteiger partial charge in [-0.05, 0) is 24.1 Å². The van der Waals surface area contributed by atoms with E-state index >= 15 is 0 Å². The molecule has 0 spiro atoms. The molecule has 58 valence electrons. The molecule has 11 heavy (non-hydrogen) atoms. The summed E-state index contributed by atoms with van der Waals surface area (Å²) in [5.41, 5.74) is 6.10. The first-order valence-corrected chi connectivity index (χ1v) is 4.01. The van der Waals surface area contributed by atoms with Crippen LogP contribution in [0.15, 0.2) is 35.7 Å². The summed E-state index contributed by atoms with van der Waals surface area (Å²) in [6, 6.07) is 0. The van der Waals surface area contributed by atoms with Gasteiger partial charge in [0.15, 0.2) is 0 Å². The molecule has 0 atom stereocenters. The Labute approximate surface area is 66.9 Å². The van der Waals surface area contributed by atoms with Crippen LogP contribution in [0.5, 0.6) is 0 Å². The van der Waals surface area contributed by atoms with Crippen molar-refractivity contribution < 1.29 is 0 Å². The maximum Gasteiger partial charge on any atom is 0.0576 e. The van der Waals surface area contributed by atoms with E-state index < -0.39 is 0 Å². The minimum absolute atomic E-state index is 1.00. The third kappa shape index (κ3) is 0.994. The van der Waals surface area contributed by atoms with Gasteiger partial charge in [0.25, 0.3) is 0 Å². The van der Waals surface area contributed by atoms with Gasteiger partial charge in [-0.3, -0.25) is 5.01 Å². The van der Waals surface area contributed by atoms with Gasteiger partial charge < -0.3 is 0 Å². The summed E-state index contributed by atoms with van der Waals surface area (Å²) in [7, 11) is 0. The van der Waals surface area contributed by atoms with E-state index in [4.69, 9.17) is 0 Å². The molecule has 0 amide bonds. The van der Waals surface area contributed by atoms with E-state index in [2.05, 4.69) is 35.7 Å². The van der Waals surface area contributed by atoms with Crippen molar-refractivity contribution in [2.75, 3.05) is 6.54 Å². The van der Waals surface area contributed by atoms with Crippen molar-refractivity contribution in [1.82, 2.24) is 10.4 Å². The number of rotatable bonds is 1. The van der Waals surface area contributed by atoms with Crippen LogP contribution in [0.2, 0.25) is 0 Å². The van der Waals surface area contributed by atoms with Crippen LogP contribution in [0.25, 0.3) is 0 Å². The van der Waals surface area contributed by atoms with Gasteiger partial charge in [-0.2, -0.15) is 0 Å². The van der Waals surface area contributed by atoms with Crippen LogP contribution in [0, 0.1) is 0 Å². The quantitative estimate of drug-likeness (QED) is 0.607. The van der Waals surface area contributed by atoms with Crippen molar-refractivity contribution in [3.63, 3.8) is 0 Å². The molecule has 2 heterocycles. The Bertz CT molecular complexity index is 248. The standard InChI is InChI=1S/C9H12N2/c1-2-8-7-10-11-6-4-3-5-9(8)11/h3-6,10H,2,7H2,1H3. The number of fused-ring (bicyclic) bond motifs is 1. The lowest BCUT2D eigenvalue weighted by Gasteiger charge is -2.17. The molecule has 1 N–H and O–H groups in total. The number of nitrogens with zero attached hydrogens (tertiary/aromatic N) is 1. The van der Waals surface area contributed by atoms with Gasteiger partial charge in [0.1, 0.15) is 0 Å². The lowest BCUT2D eigenvalue weighted by atomic mass is 10.1. The van der Waals surface area contributed by atoms with Crippen molar-refractivity contribution in [2.45, 2.75) is 13.3 Å². The number of hydrogen-bond acceptors (Lipinski definition) is 2. The van der Waals surface area contributed by atoms with Crippen LogP contribution in [0.4, 0.5) is 0 Å². The SMILES string of the molecule is CCC1=C2C=CC=CN2NC1. The van der Waals surface area contributed by atoms with Gasteiger partial charge in [-0.15, -0.1) is 0 Å². The van der Waals surface area contributed by atoms with Crippen molar-refractivity contribution in [2.24, 2.45) is 0 Å². The van der Waals surface area contributed by atoms with Crippen molar-refractivity contribution >= 4 is 0 Å². The molecule has 0 radical (unpaired) electrons. The number of hydrogen-bond donors (Lipinski definition) is 1. The summed E-state index contributed by atoms with van der Waals surface area (Å²) in [5, 5.41) is 2.08. The first-order valence-electron chi connectivity index (χ1n) is 4.01. The van der Waals surface area contributed by atoms with E-state index in [1.54, 1.807) is 0 Å². The fourth-order valence-electron chi connectivity index (χ4n) is 1.45. The molecular formula is C9H12N2. The molecule has 0 aromatic heterocycles. The molecular weight excluding hydrogens is 136 g/mol. The highest BCUT2D eigenvalue weighted by Gasteiger charge is 2.17. The summed E-state index contributed by atoms with van der Waals surface area (Å²) < 4.78 is 0. The second-order valence-corrected chi connectivity index (χ2v) is 2.75. The molecule has 2 aliphatic heterocycles. The van der Waals surface area contributed by atoms with Gasteiger partial charge in [0.2, 0.25) is 0 Å². The molecule has 2 aliphatic rings. The molecule has 0 aromatic carbocycles. The second kappa shape index (κ2) is 2.55. The Morgan fingerprint density at radius 1 is 1.55 bits per heavy atom. The van der Waals surface area contributed by atoms with Gasteiger partial charge in [0, 0.05) is 12.7 Å². The molecule has 0 saturated heterocycles. The summed E-state index contributed by atoms with van der Waals surface area (Å²) in [4.78, 5) is 0. The molecule has 0 aliphatic carbocycles. The Kier molecular flexibility index (Phi) is 1.55. The van der Waals surface area contributed by atoms with Gasteiger partial charge in [-0.1, -0.05) is 13.0 Å². The van der Waals surface area contributed by atoms with Crippen LogP contribution in [-0.2, 0) is 0 Å². The van der Waals surface area contributed by atoms with Crippen LogP contribution < -0.4 is 5.43 Å². The lowest BCUT2D eigenvalue weighted by molar-refractivity contribution is 0.395. The number of nitrogens with one attached hydrogen (secondary N) is 1. The average Bonchev–Trinajstić information content (AvgIpc) is 2.47. The zero-order chi connectivity index (χ0) is 7.68. The largest absolute Gasteiger partial charge is 0.284 e. The summed E-state index contributed by atoms with van der Waals surface area (Å²) in [6.45, 7) is 3.19. The molecule has 0 bridgehead atoms. The Hall–Kier alpha value is -1.02. The van der Waals surface area contributed by atoms with E-state index in [9.17, 15) is 0 Å². The highest BCUT2D eigenvalue weighted by molar-refractivity contribution is 5.34. The predicted molar refractivity (Wildman–Crippen MR) is 45.4 cm³/mol. The molecule has 2 heteroatoms. The van der Waals surface area contributed by atoms with Crippen LogP contribution in [0.1, 0.15) is 13.3 Å². The normalized spacial score (nSPS) is 21.4. The topological polar surface area (TPSA) is 15.3 Å². The van der Waals surface area contributed by atoms with Crippen molar-refractivity contribution in [3.05, 3.63) is 35.7 Å². The molecule has 0 fully saturated rings. The highest BCUT2D eigenvalue weighted by atomic mass is 15.5. The van der Waals surface area contributed by atoms with Crippen molar-refractivity contribution in [1.29, 1.82) is 0 Å². The highest BCUT2D eigenvalue weighted by Crippen LogP contribution is 2.21. The Morgan fingerprint density at radius 3 is 3.27 bits per heavy atom. The Balaban J connectivity index is 2.33. The summed E-state index contributed by atoms with van der Waals surface area (Å²) >= 11 is 0. The minimum atomic E-state index is 1.00. The molecule has 2 rings (SSSR count). The van der Waals surface area contributed by atoms with Gasteiger partial charge in [0.05, 0.1) is 5.70 Å². The molecule has 0 saturated carbocycles. The fourth-order valence-corrected chi connectivity index (χ4v) is 1.45. The minimum Gasteiger partial charge on any atom is -0.284 e. The second-order valence-electron chi connectivity index (χ2n) is 2.75. The molecule has 2 nitrogen and oxygen atoms in total. The summed E-state index contributed by atoms with van der Waals surface area (Å²) in [6.07, 6.45) is 9.46.